The number of ketones is 1. The van der Waals surface area contributed by atoms with Crippen molar-refractivity contribution in [1.29, 1.82) is 0 Å². The molecule has 0 radical (unpaired) electrons. The molecule has 20 heavy (non-hydrogen) atoms. The maximum atomic E-state index is 13.8. The standard InChI is InChI=1S/C14H6ClF2NO2/c15-7-5-9-12(11(17)6-7)18(20)13(14(9)19)8-3-1-2-4-10(8)16/h1-6H. The van der Waals surface area contributed by atoms with Crippen molar-refractivity contribution in [3.05, 3.63) is 69.4 Å². The Labute approximate surface area is 117 Å². The van der Waals surface area contributed by atoms with Gasteiger partial charge in [-0.3, -0.25) is 4.79 Å². The molecule has 0 spiro atoms. The van der Waals surface area contributed by atoms with Crippen molar-refractivity contribution in [1.82, 2.24) is 0 Å². The molecule has 0 aromatic heterocycles. The van der Waals surface area contributed by atoms with E-state index in [1.54, 1.807) is 0 Å². The molecule has 6 heteroatoms. The molecule has 100 valence electrons. The number of halogens is 3. The largest absolute Gasteiger partial charge is 0.618 e. The molecule has 0 saturated carbocycles. The Morgan fingerprint density at radius 1 is 1.05 bits per heavy atom. The minimum absolute atomic E-state index is 0.00205. The van der Waals surface area contributed by atoms with Crippen molar-refractivity contribution in [3.63, 3.8) is 0 Å². The fourth-order valence-electron chi connectivity index (χ4n) is 2.16. The molecule has 2 aromatic carbocycles. The molecule has 2 aromatic rings. The zero-order valence-electron chi connectivity index (χ0n) is 9.86. The maximum absolute atomic E-state index is 13.8. The van der Waals surface area contributed by atoms with Crippen LogP contribution in [0.4, 0.5) is 14.5 Å². The van der Waals surface area contributed by atoms with Crippen LogP contribution in [0.15, 0.2) is 36.4 Å². The van der Waals surface area contributed by atoms with E-state index in [2.05, 4.69) is 0 Å². The monoisotopic (exact) mass is 293 g/mol. The Hall–Kier alpha value is -2.27. The van der Waals surface area contributed by atoms with E-state index in [9.17, 15) is 18.8 Å². The third-order valence-corrected chi connectivity index (χ3v) is 3.24. The van der Waals surface area contributed by atoms with Gasteiger partial charge in [-0.1, -0.05) is 23.7 Å². The summed E-state index contributed by atoms with van der Waals surface area (Å²) in [5.41, 5.74) is -1.21. The van der Waals surface area contributed by atoms with Crippen LogP contribution < -0.4 is 0 Å². The molecule has 0 atom stereocenters. The van der Waals surface area contributed by atoms with Gasteiger partial charge < -0.3 is 5.21 Å². The van der Waals surface area contributed by atoms with Gasteiger partial charge in [-0.25, -0.2) is 4.39 Å². The van der Waals surface area contributed by atoms with Gasteiger partial charge in [0.05, 0.1) is 5.56 Å². The topological polar surface area (TPSA) is 43.1 Å². The molecule has 1 aliphatic heterocycles. The number of rotatable bonds is 1. The van der Waals surface area contributed by atoms with Gasteiger partial charge in [-0.15, -0.1) is 0 Å². The predicted octanol–water partition coefficient (Wildman–Crippen LogP) is 3.45. The van der Waals surface area contributed by atoms with Crippen LogP contribution in [0.5, 0.6) is 0 Å². The number of fused-ring (bicyclic) bond motifs is 1. The summed E-state index contributed by atoms with van der Waals surface area (Å²) in [6.45, 7) is 0. The van der Waals surface area contributed by atoms with E-state index in [4.69, 9.17) is 11.6 Å². The lowest BCUT2D eigenvalue weighted by atomic mass is 10.0. The van der Waals surface area contributed by atoms with Crippen molar-refractivity contribution < 1.29 is 18.3 Å². The number of carbonyl (C=O) groups excluding carboxylic acids is 1. The highest BCUT2D eigenvalue weighted by Gasteiger charge is 2.40. The maximum Gasteiger partial charge on any atom is 0.276 e. The summed E-state index contributed by atoms with van der Waals surface area (Å²) in [6.07, 6.45) is 0. The van der Waals surface area contributed by atoms with Gasteiger partial charge >= 0.3 is 0 Å². The fourth-order valence-corrected chi connectivity index (χ4v) is 2.37. The molecule has 0 saturated heterocycles. The van der Waals surface area contributed by atoms with Crippen molar-refractivity contribution in [3.8, 4) is 0 Å². The average molecular weight is 294 g/mol. The lowest BCUT2D eigenvalue weighted by Gasteiger charge is -2.03. The molecule has 0 fully saturated rings. The van der Waals surface area contributed by atoms with Crippen LogP contribution in [-0.2, 0) is 0 Å². The Kier molecular flexibility index (Phi) is 2.79. The Bertz CT molecular complexity index is 787. The third-order valence-electron chi connectivity index (χ3n) is 3.02. The molecule has 0 aliphatic carbocycles. The number of carbonyl (C=O) groups is 1. The van der Waals surface area contributed by atoms with Crippen LogP contribution >= 0.6 is 11.6 Å². The van der Waals surface area contributed by atoms with Crippen LogP contribution in [0.25, 0.3) is 0 Å². The summed E-state index contributed by atoms with van der Waals surface area (Å²) in [4.78, 5) is 12.2. The zero-order valence-corrected chi connectivity index (χ0v) is 10.6. The van der Waals surface area contributed by atoms with E-state index in [1.165, 1.54) is 24.3 Å². The van der Waals surface area contributed by atoms with Crippen LogP contribution in [-0.4, -0.2) is 16.2 Å². The van der Waals surface area contributed by atoms with Crippen molar-refractivity contribution in [2.75, 3.05) is 0 Å². The molecule has 0 bridgehead atoms. The highest BCUT2D eigenvalue weighted by Crippen LogP contribution is 2.33. The first-order valence-electron chi connectivity index (χ1n) is 5.63. The molecule has 3 nitrogen and oxygen atoms in total. The Balaban J connectivity index is 2.29. The number of nitrogens with zero attached hydrogens (tertiary/aromatic N) is 1. The summed E-state index contributed by atoms with van der Waals surface area (Å²) in [6, 6.07) is 7.45. The second kappa shape index (κ2) is 4.38. The van der Waals surface area contributed by atoms with Crippen molar-refractivity contribution in [2.45, 2.75) is 0 Å². The van der Waals surface area contributed by atoms with E-state index >= 15 is 0 Å². The summed E-state index contributed by atoms with van der Waals surface area (Å²) in [5, 5.41) is 12.1. The number of hydrogen-bond acceptors (Lipinski definition) is 2. The lowest BCUT2D eigenvalue weighted by molar-refractivity contribution is -0.358. The van der Waals surface area contributed by atoms with Crippen LogP contribution in [0, 0.1) is 16.8 Å². The zero-order chi connectivity index (χ0) is 14.4. The van der Waals surface area contributed by atoms with E-state index in [0.717, 1.165) is 12.1 Å². The average Bonchev–Trinajstić information content (AvgIpc) is 2.63. The molecule has 1 heterocycles. The first-order valence-corrected chi connectivity index (χ1v) is 6.01. The quantitative estimate of drug-likeness (QED) is 0.597. The first kappa shape index (κ1) is 12.7. The molecular formula is C14H6ClF2NO2. The summed E-state index contributed by atoms with van der Waals surface area (Å²) >= 11 is 5.67. The number of benzene rings is 2. The minimum atomic E-state index is -0.915. The van der Waals surface area contributed by atoms with Crippen LogP contribution in [0.2, 0.25) is 5.02 Å². The highest BCUT2D eigenvalue weighted by atomic mass is 35.5. The predicted molar refractivity (Wildman–Crippen MR) is 69.5 cm³/mol. The third kappa shape index (κ3) is 1.71. The lowest BCUT2D eigenvalue weighted by Crippen LogP contribution is -2.18. The van der Waals surface area contributed by atoms with E-state index < -0.39 is 28.8 Å². The van der Waals surface area contributed by atoms with Gasteiger partial charge in [0.25, 0.3) is 17.2 Å². The highest BCUT2D eigenvalue weighted by molar-refractivity contribution is 6.52. The molecule has 0 unspecified atom stereocenters. The normalized spacial score (nSPS) is 13.8. The summed E-state index contributed by atoms with van der Waals surface area (Å²) < 4.78 is 27.6. The van der Waals surface area contributed by atoms with E-state index in [1.807, 2.05) is 0 Å². The van der Waals surface area contributed by atoms with Crippen molar-refractivity contribution >= 4 is 28.8 Å². The first-order chi connectivity index (χ1) is 9.50. The van der Waals surface area contributed by atoms with E-state index in [0.29, 0.717) is 0 Å². The Morgan fingerprint density at radius 2 is 1.75 bits per heavy atom. The van der Waals surface area contributed by atoms with Crippen molar-refractivity contribution in [2.24, 2.45) is 0 Å². The van der Waals surface area contributed by atoms with Gasteiger partial charge in [0.15, 0.2) is 5.82 Å². The molecule has 0 N–H and O–H groups in total. The van der Waals surface area contributed by atoms with E-state index in [-0.39, 0.29) is 20.9 Å². The minimum Gasteiger partial charge on any atom is -0.618 e. The van der Waals surface area contributed by atoms with Gasteiger partial charge in [0, 0.05) is 5.02 Å². The molecular weight excluding hydrogens is 288 g/mol. The second-order valence-electron chi connectivity index (χ2n) is 4.24. The van der Waals surface area contributed by atoms with Gasteiger partial charge in [-0.2, -0.15) is 9.13 Å². The van der Waals surface area contributed by atoms with Gasteiger partial charge in [0.1, 0.15) is 11.4 Å². The van der Waals surface area contributed by atoms with Crippen LogP contribution in [0.3, 0.4) is 0 Å². The summed E-state index contributed by atoms with van der Waals surface area (Å²) in [7, 11) is 0. The molecule has 0 amide bonds. The SMILES string of the molecule is O=C1C(c2ccccc2F)=[N+]([O-])c2c(F)cc(Cl)cc21. The smallest absolute Gasteiger partial charge is 0.276 e. The fraction of sp³-hybridized carbons (Fsp3) is 0. The number of Topliss-reactive ketones (excluding diaryl/α,β-unsaturated/α-hetero) is 1. The second-order valence-corrected chi connectivity index (χ2v) is 4.67. The number of hydrogen-bond donors (Lipinski definition) is 0. The Morgan fingerprint density at radius 3 is 2.45 bits per heavy atom. The van der Waals surface area contributed by atoms with Gasteiger partial charge in [0.2, 0.25) is 0 Å². The molecule has 3 rings (SSSR count). The van der Waals surface area contributed by atoms with Gasteiger partial charge in [-0.05, 0) is 24.3 Å². The molecule has 1 aliphatic rings. The summed E-state index contributed by atoms with van der Waals surface area (Å²) in [5.74, 6) is -2.39. The van der Waals surface area contributed by atoms with Crippen LogP contribution in [0.1, 0.15) is 15.9 Å².